The molecule has 5 heteroatoms. The fraction of sp³-hybridized carbons (Fsp3) is 0.250. The van der Waals surface area contributed by atoms with Crippen molar-refractivity contribution in [3.05, 3.63) is 65.7 Å². The Hall–Kier alpha value is -2.30. The molecule has 0 unspecified atom stereocenters. The number of rotatable bonds is 7. The molecule has 0 amide bonds. The number of hydrogen-bond acceptors (Lipinski definition) is 3. The molecule has 0 aliphatic rings. The van der Waals surface area contributed by atoms with Crippen LogP contribution in [0.15, 0.2) is 54.6 Å². The van der Waals surface area contributed by atoms with Gasteiger partial charge in [-0.25, -0.2) is 4.79 Å². The Morgan fingerprint density at radius 3 is 2.24 bits per heavy atom. The lowest BCUT2D eigenvalue weighted by molar-refractivity contribution is -0.858. The van der Waals surface area contributed by atoms with Crippen LogP contribution in [0.5, 0.6) is 5.75 Å². The monoisotopic (exact) mass is 361 g/mol. The van der Waals surface area contributed by atoms with Gasteiger partial charge in [0.1, 0.15) is 18.9 Å². The third-order valence-corrected chi connectivity index (χ3v) is 3.57. The fourth-order valence-corrected chi connectivity index (χ4v) is 2.17. The molecule has 2 rings (SSSR count). The van der Waals surface area contributed by atoms with E-state index in [4.69, 9.17) is 9.47 Å². The Morgan fingerprint density at radius 1 is 1.04 bits per heavy atom. The molecule has 0 aliphatic carbocycles. The summed E-state index contributed by atoms with van der Waals surface area (Å²) in [4.78, 5) is 13.8. The van der Waals surface area contributed by atoms with Crippen molar-refractivity contribution in [2.75, 3.05) is 34.4 Å². The number of esters is 1. The zero-order chi connectivity index (χ0) is 17.4. The number of nitrogens with one attached hydrogen (secondary N) is 1. The summed E-state index contributed by atoms with van der Waals surface area (Å²) in [5.74, 6) is 0.438. The lowest BCUT2D eigenvalue weighted by atomic mass is 10.0. The van der Waals surface area contributed by atoms with Crippen LogP contribution in [0.25, 0.3) is 11.6 Å². The van der Waals surface area contributed by atoms with E-state index in [-0.39, 0.29) is 18.4 Å². The number of likely N-dealkylation sites (N-methyl/N-ethyl adjacent to an activating group) is 1. The van der Waals surface area contributed by atoms with Gasteiger partial charge in [0.05, 0.1) is 26.8 Å². The number of quaternary nitrogens is 1. The Bertz CT molecular complexity index is 682. The van der Waals surface area contributed by atoms with Gasteiger partial charge in [-0.1, -0.05) is 42.5 Å². The second-order valence-electron chi connectivity index (χ2n) is 5.79. The number of ether oxygens (including phenoxy) is 2. The highest BCUT2D eigenvalue weighted by molar-refractivity contribution is 6.21. The summed E-state index contributed by atoms with van der Waals surface area (Å²) in [6.07, 6.45) is 1.85. The van der Waals surface area contributed by atoms with E-state index in [0.717, 1.165) is 23.4 Å². The van der Waals surface area contributed by atoms with Crippen molar-refractivity contribution in [3.63, 3.8) is 0 Å². The number of halogens is 1. The highest BCUT2D eigenvalue weighted by atomic mass is 35.5. The first-order valence-corrected chi connectivity index (χ1v) is 7.97. The van der Waals surface area contributed by atoms with Gasteiger partial charge >= 0.3 is 5.97 Å². The molecule has 0 atom stereocenters. The van der Waals surface area contributed by atoms with Crippen molar-refractivity contribution in [1.82, 2.24) is 0 Å². The largest absolute Gasteiger partial charge is 1.00 e. The number of hydrogen-bond donors (Lipinski definition) is 1. The van der Waals surface area contributed by atoms with Gasteiger partial charge in [-0.3, -0.25) is 0 Å². The average Bonchev–Trinajstić information content (AvgIpc) is 2.60. The summed E-state index contributed by atoms with van der Waals surface area (Å²) in [7, 11) is 5.67. The Morgan fingerprint density at radius 2 is 1.68 bits per heavy atom. The predicted octanol–water partition coefficient (Wildman–Crippen LogP) is -1.07. The van der Waals surface area contributed by atoms with E-state index in [1.165, 1.54) is 4.90 Å². The molecule has 134 valence electrons. The maximum atomic E-state index is 12.6. The van der Waals surface area contributed by atoms with Crippen LogP contribution < -0.4 is 22.0 Å². The molecule has 0 saturated heterocycles. The molecule has 0 spiro atoms. The third-order valence-electron chi connectivity index (χ3n) is 3.57. The fourth-order valence-electron chi connectivity index (χ4n) is 2.17. The lowest BCUT2D eigenvalue weighted by Gasteiger charge is -2.11. The van der Waals surface area contributed by atoms with E-state index in [2.05, 4.69) is 0 Å². The molecule has 0 bridgehead atoms. The van der Waals surface area contributed by atoms with Crippen molar-refractivity contribution in [2.24, 2.45) is 0 Å². The molecular formula is C20H24ClNO3. The quantitative estimate of drug-likeness (QED) is 0.388. The van der Waals surface area contributed by atoms with Crippen molar-refractivity contribution < 1.29 is 31.6 Å². The normalized spacial score (nSPS) is 11.0. The van der Waals surface area contributed by atoms with Crippen LogP contribution >= 0.6 is 0 Å². The Kier molecular flexibility index (Phi) is 8.75. The zero-order valence-electron chi connectivity index (χ0n) is 14.8. The molecule has 4 nitrogen and oxygen atoms in total. The van der Waals surface area contributed by atoms with Gasteiger partial charge in [0.25, 0.3) is 0 Å². The molecule has 0 radical (unpaired) electrons. The van der Waals surface area contributed by atoms with Crippen LogP contribution in [0.3, 0.4) is 0 Å². The Labute approximate surface area is 155 Å². The van der Waals surface area contributed by atoms with E-state index in [1.54, 1.807) is 7.11 Å². The number of carbonyl (C=O) groups excluding carboxylic acids is 1. The topological polar surface area (TPSA) is 40.0 Å². The van der Waals surface area contributed by atoms with Crippen LogP contribution in [0.1, 0.15) is 11.1 Å². The third kappa shape index (κ3) is 6.61. The minimum absolute atomic E-state index is 0. The lowest BCUT2D eigenvalue weighted by Crippen LogP contribution is -3.06. The van der Waals surface area contributed by atoms with Crippen LogP contribution in [0, 0.1) is 0 Å². The summed E-state index contributed by atoms with van der Waals surface area (Å²) < 4.78 is 10.6. The van der Waals surface area contributed by atoms with E-state index < -0.39 is 0 Å². The highest BCUT2D eigenvalue weighted by Crippen LogP contribution is 2.22. The molecule has 2 aromatic rings. The van der Waals surface area contributed by atoms with Gasteiger partial charge in [0.2, 0.25) is 0 Å². The summed E-state index contributed by atoms with van der Waals surface area (Å²) in [6.45, 7) is 1.16. The van der Waals surface area contributed by atoms with Crippen LogP contribution in [-0.4, -0.2) is 40.3 Å². The van der Waals surface area contributed by atoms with Crippen molar-refractivity contribution in [2.45, 2.75) is 0 Å². The van der Waals surface area contributed by atoms with E-state index in [0.29, 0.717) is 12.2 Å². The molecule has 2 aromatic carbocycles. The molecule has 1 N–H and O–H groups in total. The van der Waals surface area contributed by atoms with Gasteiger partial charge < -0.3 is 26.8 Å². The van der Waals surface area contributed by atoms with E-state index >= 15 is 0 Å². The maximum absolute atomic E-state index is 12.6. The maximum Gasteiger partial charge on any atom is 0.338 e. The van der Waals surface area contributed by atoms with E-state index in [9.17, 15) is 4.79 Å². The first-order valence-electron chi connectivity index (χ1n) is 7.97. The average molecular weight is 362 g/mol. The number of benzene rings is 2. The molecule has 0 aromatic heterocycles. The smallest absolute Gasteiger partial charge is 0.338 e. The van der Waals surface area contributed by atoms with Crippen LogP contribution in [0.4, 0.5) is 0 Å². The SMILES string of the molecule is COc1ccc(/C(=C/c2ccccc2)C(=O)OCC[NH+](C)C)cc1.[Cl-]. The van der Waals surface area contributed by atoms with Gasteiger partial charge in [-0.2, -0.15) is 0 Å². The number of methoxy groups -OCH3 is 1. The standard InChI is InChI=1S/C20H23NO3.ClH/c1-21(2)13-14-24-20(22)19(15-16-7-5-4-6-8-16)17-9-11-18(23-3)12-10-17;/h4-12,15H,13-14H2,1-3H3;1H/b19-15-;. The van der Waals surface area contributed by atoms with Gasteiger partial charge in [0.15, 0.2) is 0 Å². The molecule has 0 heterocycles. The second kappa shape index (κ2) is 10.5. The molecule has 0 aliphatic heterocycles. The molecular weight excluding hydrogens is 338 g/mol. The van der Waals surface area contributed by atoms with Gasteiger partial charge in [-0.15, -0.1) is 0 Å². The first kappa shape index (κ1) is 20.7. The van der Waals surface area contributed by atoms with Crippen LogP contribution in [0.2, 0.25) is 0 Å². The highest BCUT2D eigenvalue weighted by Gasteiger charge is 2.14. The first-order chi connectivity index (χ1) is 11.6. The summed E-state index contributed by atoms with van der Waals surface area (Å²) >= 11 is 0. The number of carbonyl (C=O) groups is 1. The summed E-state index contributed by atoms with van der Waals surface area (Å²) in [5, 5.41) is 0. The Balaban J connectivity index is 0.00000312. The predicted molar refractivity (Wildman–Crippen MR) is 95.9 cm³/mol. The molecule has 0 fully saturated rings. The minimum Gasteiger partial charge on any atom is -1.00 e. The zero-order valence-corrected chi connectivity index (χ0v) is 15.5. The van der Waals surface area contributed by atoms with Crippen molar-refractivity contribution in [1.29, 1.82) is 0 Å². The molecule has 0 saturated carbocycles. The van der Waals surface area contributed by atoms with E-state index in [1.807, 2.05) is 74.8 Å². The summed E-state index contributed by atoms with van der Waals surface area (Å²) in [5.41, 5.74) is 2.30. The van der Waals surface area contributed by atoms with Crippen molar-refractivity contribution in [3.8, 4) is 5.75 Å². The second-order valence-corrected chi connectivity index (χ2v) is 5.79. The minimum atomic E-state index is -0.315. The van der Waals surface area contributed by atoms with Crippen molar-refractivity contribution >= 4 is 17.6 Å². The molecule has 25 heavy (non-hydrogen) atoms. The van der Waals surface area contributed by atoms with Gasteiger partial charge in [-0.05, 0) is 29.3 Å². The summed E-state index contributed by atoms with van der Waals surface area (Å²) in [6, 6.07) is 17.2. The van der Waals surface area contributed by atoms with Gasteiger partial charge in [0, 0.05) is 0 Å². The van der Waals surface area contributed by atoms with Crippen LogP contribution in [-0.2, 0) is 9.53 Å².